The second kappa shape index (κ2) is 8.37. The number of aromatic nitrogens is 1. The molecule has 2 aliphatic heterocycles. The summed E-state index contributed by atoms with van der Waals surface area (Å²) in [6.45, 7) is 5.61. The quantitative estimate of drug-likeness (QED) is 0.680. The minimum absolute atomic E-state index is 0.00692. The highest BCUT2D eigenvalue weighted by molar-refractivity contribution is 8.18. The van der Waals surface area contributed by atoms with Crippen molar-refractivity contribution in [3.63, 3.8) is 0 Å². The summed E-state index contributed by atoms with van der Waals surface area (Å²) in [5, 5.41) is 0.723. The monoisotopic (exact) mass is 395 g/mol. The molecule has 5 nitrogen and oxygen atoms in total. The first-order chi connectivity index (χ1) is 13.6. The van der Waals surface area contributed by atoms with Gasteiger partial charge in [-0.3, -0.25) is 9.69 Å². The van der Waals surface area contributed by atoms with Gasteiger partial charge in [0.2, 0.25) is 0 Å². The van der Waals surface area contributed by atoms with Crippen LogP contribution in [0.3, 0.4) is 0 Å². The van der Waals surface area contributed by atoms with Crippen molar-refractivity contribution in [3.8, 4) is 0 Å². The molecular weight excluding hydrogens is 370 g/mol. The Balaban J connectivity index is 1.62. The fraction of sp³-hybridized carbons (Fsp3) is 0.364. The van der Waals surface area contributed by atoms with E-state index in [1.807, 2.05) is 48.7 Å². The van der Waals surface area contributed by atoms with E-state index in [1.165, 1.54) is 11.8 Å². The number of thioether (sulfide) groups is 1. The molecule has 6 heteroatoms. The molecule has 146 valence electrons. The summed E-state index contributed by atoms with van der Waals surface area (Å²) in [5.74, 6) is 0.00692. The van der Waals surface area contributed by atoms with Crippen molar-refractivity contribution in [3.05, 3.63) is 59.3 Å². The molecule has 1 atom stereocenters. The Kier molecular flexibility index (Phi) is 5.69. The minimum atomic E-state index is 0.00692. The van der Waals surface area contributed by atoms with E-state index in [1.54, 1.807) is 4.90 Å². The Labute approximate surface area is 170 Å². The summed E-state index contributed by atoms with van der Waals surface area (Å²) >= 11 is 1.44. The lowest BCUT2D eigenvalue weighted by molar-refractivity contribution is -0.123. The maximum atomic E-state index is 13.1. The van der Waals surface area contributed by atoms with Gasteiger partial charge < -0.3 is 9.30 Å². The lowest BCUT2D eigenvalue weighted by Gasteiger charge is -2.19. The molecule has 1 amide bonds. The standard InChI is InChI=1S/C22H25N3O2S/c1-16(2)24-11-10-17(14-24)13-20-21(26)25(15-19-9-6-12-27-19)22(28-20)23-18-7-4-3-5-8-18/h3-5,7-8,10-11,13-14,16,19H,6,9,12,15H2,1-2H3/b20-13+,23-22?. The first-order valence-corrected chi connectivity index (χ1v) is 10.6. The van der Waals surface area contributed by atoms with Gasteiger partial charge in [-0.2, -0.15) is 0 Å². The van der Waals surface area contributed by atoms with Crippen molar-refractivity contribution in [1.82, 2.24) is 9.47 Å². The number of benzene rings is 1. The third-order valence-corrected chi connectivity index (χ3v) is 5.92. The minimum Gasteiger partial charge on any atom is -0.376 e. The molecule has 1 aromatic heterocycles. The molecule has 2 aliphatic rings. The number of nitrogens with zero attached hydrogens (tertiary/aromatic N) is 3. The topological polar surface area (TPSA) is 46.8 Å². The number of aliphatic imine (C=N–C) groups is 1. The Morgan fingerprint density at radius 3 is 2.79 bits per heavy atom. The first-order valence-electron chi connectivity index (χ1n) is 9.74. The average Bonchev–Trinajstić information content (AvgIpc) is 3.42. The number of para-hydroxylation sites is 1. The predicted octanol–water partition coefficient (Wildman–Crippen LogP) is 4.85. The Bertz CT molecular complexity index is 896. The molecule has 28 heavy (non-hydrogen) atoms. The van der Waals surface area contributed by atoms with E-state index in [0.29, 0.717) is 17.5 Å². The number of ether oxygens (including phenoxy) is 1. The lowest BCUT2D eigenvalue weighted by Crippen LogP contribution is -2.36. The van der Waals surface area contributed by atoms with Crippen molar-refractivity contribution >= 4 is 34.6 Å². The van der Waals surface area contributed by atoms with Crippen LogP contribution in [0, 0.1) is 0 Å². The largest absolute Gasteiger partial charge is 0.376 e. The second-order valence-corrected chi connectivity index (χ2v) is 8.39. The second-order valence-electron chi connectivity index (χ2n) is 7.38. The van der Waals surface area contributed by atoms with Crippen LogP contribution < -0.4 is 0 Å². The molecule has 3 heterocycles. The van der Waals surface area contributed by atoms with Crippen molar-refractivity contribution in [2.24, 2.45) is 4.99 Å². The molecule has 2 fully saturated rings. The van der Waals surface area contributed by atoms with Gasteiger partial charge in [-0.15, -0.1) is 0 Å². The summed E-state index contributed by atoms with van der Waals surface area (Å²) < 4.78 is 7.90. The third-order valence-electron chi connectivity index (χ3n) is 4.91. The van der Waals surface area contributed by atoms with E-state index in [0.717, 1.165) is 35.9 Å². The van der Waals surface area contributed by atoms with E-state index in [2.05, 4.69) is 24.6 Å². The van der Waals surface area contributed by atoms with Gasteiger partial charge in [-0.05, 0) is 68.3 Å². The zero-order chi connectivity index (χ0) is 19.5. The van der Waals surface area contributed by atoms with Gasteiger partial charge in [0, 0.05) is 25.0 Å². The van der Waals surface area contributed by atoms with Crippen molar-refractivity contribution in [1.29, 1.82) is 0 Å². The fourth-order valence-electron chi connectivity index (χ4n) is 3.35. The molecule has 1 aromatic carbocycles. The number of amidine groups is 1. The third kappa shape index (κ3) is 4.23. The van der Waals surface area contributed by atoms with Crippen molar-refractivity contribution < 1.29 is 9.53 Å². The molecule has 0 N–H and O–H groups in total. The van der Waals surface area contributed by atoms with Crippen molar-refractivity contribution in [2.45, 2.75) is 38.8 Å². The maximum absolute atomic E-state index is 13.1. The number of amides is 1. The Hall–Kier alpha value is -2.31. The van der Waals surface area contributed by atoms with Gasteiger partial charge >= 0.3 is 0 Å². The zero-order valence-corrected chi connectivity index (χ0v) is 17.1. The van der Waals surface area contributed by atoms with Crippen LogP contribution in [0.25, 0.3) is 6.08 Å². The van der Waals surface area contributed by atoms with Gasteiger partial charge in [-0.25, -0.2) is 4.99 Å². The Morgan fingerprint density at radius 2 is 2.11 bits per heavy atom. The van der Waals surface area contributed by atoms with E-state index in [4.69, 9.17) is 9.73 Å². The highest BCUT2D eigenvalue weighted by Gasteiger charge is 2.35. The van der Waals surface area contributed by atoms with Gasteiger partial charge in [0.15, 0.2) is 5.17 Å². The first kappa shape index (κ1) is 19.0. The highest BCUT2D eigenvalue weighted by Crippen LogP contribution is 2.35. The number of carbonyl (C=O) groups is 1. The summed E-state index contributed by atoms with van der Waals surface area (Å²) in [4.78, 5) is 20.4. The summed E-state index contributed by atoms with van der Waals surface area (Å²) in [7, 11) is 0. The normalized spacial score (nSPS) is 22.9. The Morgan fingerprint density at radius 1 is 1.29 bits per heavy atom. The van der Waals surface area contributed by atoms with E-state index in [-0.39, 0.29) is 12.0 Å². The molecular formula is C22H25N3O2S. The maximum Gasteiger partial charge on any atom is 0.266 e. The smallest absolute Gasteiger partial charge is 0.266 e. The highest BCUT2D eigenvalue weighted by atomic mass is 32.2. The molecule has 1 unspecified atom stereocenters. The van der Waals surface area contributed by atoms with Crippen LogP contribution in [-0.4, -0.2) is 39.8 Å². The number of carbonyl (C=O) groups excluding carboxylic acids is 1. The molecule has 2 saturated heterocycles. The van der Waals surface area contributed by atoms with Gasteiger partial charge in [0.25, 0.3) is 5.91 Å². The molecule has 4 rings (SSSR count). The van der Waals surface area contributed by atoms with Crippen LogP contribution in [0.2, 0.25) is 0 Å². The number of hydrogen-bond acceptors (Lipinski definition) is 4. The molecule has 2 aromatic rings. The van der Waals surface area contributed by atoms with Crippen LogP contribution >= 0.6 is 11.8 Å². The predicted molar refractivity (Wildman–Crippen MR) is 115 cm³/mol. The molecule has 0 bridgehead atoms. The summed E-state index contributed by atoms with van der Waals surface area (Å²) in [6, 6.07) is 12.2. The molecule has 0 aliphatic carbocycles. The van der Waals surface area contributed by atoms with Crippen LogP contribution in [0.1, 0.15) is 38.3 Å². The van der Waals surface area contributed by atoms with Gasteiger partial charge in [0.1, 0.15) is 0 Å². The zero-order valence-electron chi connectivity index (χ0n) is 16.2. The number of hydrogen-bond donors (Lipinski definition) is 0. The summed E-state index contributed by atoms with van der Waals surface area (Å²) in [6.07, 6.45) is 8.21. The lowest BCUT2D eigenvalue weighted by atomic mass is 10.2. The molecule has 0 radical (unpaired) electrons. The van der Waals surface area contributed by atoms with Crippen LogP contribution in [0.5, 0.6) is 0 Å². The SMILES string of the molecule is CC(C)n1ccc(/C=C2/SC(=Nc3ccccc3)N(CC3CCCO3)C2=O)c1. The summed E-state index contributed by atoms with van der Waals surface area (Å²) in [5.41, 5.74) is 1.88. The molecule has 0 saturated carbocycles. The fourth-order valence-corrected chi connectivity index (χ4v) is 4.35. The van der Waals surface area contributed by atoms with Crippen molar-refractivity contribution in [2.75, 3.05) is 13.2 Å². The molecule has 0 spiro atoms. The van der Waals surface area contributed by atoms with E-state index in [9.17, 15) is 4.79 Å². The van der Waals surface area contributed by atoms with E-state index >= 15 is 0 Å². The van der Waals surface area contributed by atoms with Gasteiger partial charge in [0.05, 0.1) is 23.2 Å². The van der Waals surface area contributed by atoms with Crippen LogP contribution in [0.4, 0.5) is 5.69 Å². The van der Waals surface area contributed by atoms with E-state index < -0.39 is 0 Å². The van der Waals surface area contributed by atoms with Crippen LogP contribution in [-0.2, 0) is 9.53 Å². The number of rotatable bonds is 5. The van der Waals surface area contributed by atoms with Gasteiger partial charge in [-0.1, -0.05) is 18.2 Å². The average molecular weight is 396 g/mol. The van der Waals surface area contributed by atoms with Crippen LogP contribution in [0.15, 0.2) is 58.7 Å².